The van der Waals surface area contributed by atoms with E-state index in [0.29, 0.717) is 33.1 Å². The summed E-state index contributed by atoms with van der Waals surface area (Å²) in [5.74, 6) is 0.421. The number of H-pyrrole nitrogens is 1. The number of anilines is 1. The minimum atomic E-state index is -0.564. The van der Waals surface area contributed by atoms with Gasteiger partial charge in [0.05, 0.1) is 30.8 Å². The molecule has 0 atom stereocenters. The van der Waals surface area contributed by atoms with Crippen LogP contribution in [0.4, 0.5) is 5.69 Å². The lowest BCUT2D eigenvalue weighted by Gasteiger charge is -2.10. The summed E-state index contributed by atoms with van der Waals surface area (Å²) < 4.78 is 11.9. The number of nitrogens with zero attached hydrogens (tertiary/aromatic N) is 3. The molecule has 0 unspecified atom stereocenters. The topological polar surface area (TPSA) is 111 Å². The van der Waals surface area contributed by atoms with Gasteiger partial charge in [0.25, 0.3) is 11.5 Å². The summed E-state index contributed by atoms with van der Waals surface area (Å²) in [7, 11) is 3.00. The summed E-state index contributed by atoms with van der Waals surface area (Å²) in [4.78, 5) is 29.1. The predicted molar refractivity (Wildman–Crippen MR) is 104 cm³/mol. The highest BCUT2D eigenvalue weighted by molar-refractivity contribution is 6.31. The van der Waals surface area contributed by atoms with Crippen molar-refractivity contribution in [2.75, 3.05) is 19.5 Å². The first-order valence-corrected chi connectivity index (χ1v) is 8.49. The van der Waals surface area contributed by atoms with Gasteiger partial charge in [0.15, 0.2) is 11.3 Å². The fourth-order valence-corrected chi connectivity index (χ4v) is 3.02. The number of benzene rings is 2. The number of hydrogen-bond acceptors (Lipinski definition) is 6. The second kappa shape index (κ2) is 6.86. The van der Waals surface area contributed by atoms with Gasteiger partial charge in [0.1, 0.15) is 11.5 Å². The van der Waals surface area contributed by atoms with Crippen LogP contribution in [0.3, 0.4) is 0 Å². The van der Waals surface area contributed by atoms with Crippen molar-refractivity contribution < 1.29 is 14.3 Å². The lowest BCUT2D eigenvalue weighted by atomic mass is 10.2. The van der Waals surface area contributed by atoms with Gasteiger partial charge in [-0.25, -0.2) is 9.73 Å². The molecule has 0 saturated heterocycles. The van der Waals surface area contributed by atoms with Crippen LogP contribution in [0.5, 0.6) is 11.5 Å². The third-order valence-corrected chi connectivity index (χ3v) is 4.43. The van der Waals surface area contributed by atoms with E-state index >= 15 is 0 Å². The van der Waals surface area contributed by atoms with Crippen molar-refractivity contribution in [1.29, 1.82) is 0 Å². The maximum atomic E-state index is 12.8. The van der Waals surface area contributed by atoms with Crippen LogP contribution < -0.4 is 20.3 Å². The number of amides is 1. The van der Waals surface area contributed by atoms with Crippen molar-refractivity contribution in [2.24, 2.45) is 0 Å². The number of aromatic amines is 1. The number of ether oxygens (including phenoxy) is 2. The van der Waals surface area contributed by atoms with Crippen LogP contribution in [-0.4, -0.2) is 39.9 Å². The zero-order chi connectivity index (χ0) is 19.8. The molecule has 2 heterocycles. The molecule has 4 rings (SSSR count). The molecular formula is C18H14ClN5O4. The number of rotatable bonds is 4. The Hall–Kier alpha value is -3.59. The zero-order valence-corrected chi connectivity index (χ0v) is 15.6. The molecule has 0 saturated carbocycles. The Kier molecular flexibility index (Phi) is 4.36. The summed E-state index contributed by atoms with van der Waals surface area (Å²) >= 11 is 5.95. The molecule has 9 nitrogen and oxygen atoms in total. The Labute approximate surface area is 162 Å². The maximum absolute atomic E-state index is 12.8. The monoisotopic (exact) mass is 399 g/mol. The molecule has 0 aliphatic rings. The summed E-state index contributed by atoms with van der Waals surface area (Å²) in [6.07, 6.45) is 0. The van der Waals surface area contributed by atoms with E-state index in [4.69, 9.17) is 21.1 Å². The summed E-state index contributed by atoms with van der Waals surface area (Å²) in [5.41, 5.74) is 0.442. The summed E-state index contributed by atoms with van der Waals surface area (Å²) in [6, 6.07) is 9.78. The number of fused-ring (bicyclic) bond motifs is 3. The van der Waals surface area contributed by atoms with Crippen LogP contribution in [-0.2, 0) is 0 Å². The van der Waals surface area contributed by atoms with E-state index in [-0.39, 0.29) is 11.3 Å². The average Bonchev–Trinajstić information content (AvgIpc) is 3.12. The van der Waals surface area contributed by atoms with Crippen LogP contribution in [0.15, 0.2) is 41.2 Å². The highest BCUT2D eigenvalue weighted by Gasteiger charge is 2.20. The van der Waals surface area contributed by atoms with Crippen LogP contribution in [0.2, 0.25) is 5.02 Å². The first kappa shape index (κ1) is 17.8. The molecule has 28 heavy (non-hydrogen) atoms. The first-order valence-electron chi connectivity index (χ1n) is 8.11. The smallest absolute Gasteiger partial charge is 0.281 e. The third kappa shape index (κ3) is 2.91. The molecule has 4 aromatic rings. The van der Waals surface area contributed by atoms with E-state index in [2.05, 4.69) is 20.6 Å². The van der Waals surface area contributed by atoms with Crippen LogP contribution in [0.1, 0.15) is 10.5 Å². The molecule has 142 valence electrons. The van der Waals surface area contributed by atoms with Gasteiger partial charge in [-0.2, -0.15) is 4.98 Å². The van der Waals surface area contributed by atoms with Crippen LogP contribution in [0.25, 0.3) is 16.6 Å². The van der Waals surface area contributed by atoms with Gasteiger partial charge in [-0.3, -0.25) is 9.59 Å². The van der Waals surface area contributed by atoms with E-state index in [0.717, 1.165) is 0 Å². The molecule has 2 aromatic heterocycles. The van der Waals surface area contributed by atoms with E-state index in [1.807, 2.05) is 0 Å². The molecule has 0 fully saturated rings. The molecule has 2 aromatic carbocycles. The molecule has 0 bridgehead atoms. The Morgan fingerprint density at radius 2 is 2.00 bits per heavy atom. The lowest BCUT2D eigenvalue weighted by Crippen LogP contribution is -2.16. The Balaban J connectivity index is 1.80. The number of halogens is 1. The highest BCUT2D eigenvalue weighted by atomic mass is 35.5. The lowest BCUT2D eigenvalue weighted by molar-refractivity contribution is 0.102. The number of carbonyl (C=O) groups excluding carboxylic acids is 1. The van der Waals surface area contributed by atoms with Gasteiger partial charge < -0.3 is 14.8 Å². The fourth-order valence-electron chi connectivity index (χ4n) is 2.85. The number of aromatic nitrogens is 4. The number of nitrogens with one attached hydrogen (secondary N) is 2. The average molecular weight is 400 g/mol. The predicted octanol–water partition coefficient (Wildman–Crippen LogP) is 2.49. The molecule has 1 amide bonds. The van der Waals surface area contributed by atoms with E-state index in [1.165, 1.54) is 24.8 Å². The van der Waals surface area contributed by atoms with Gasteiger partial charge in [0.2, 0.25) is 0 Å². The van der Waals surface area contributed by atoms with Crippen molar-refractivity contribution in [2.45, 2.75) is 0 Å². The second-order valence-electron chi connectivity index (χ2n) is 5.82. The SMILES string of the molecule is COc1ccc(OC)c(NC(=O)c2n[nH]n3c2nc(=O)c2cc(Cl)ccc23)c1. The molecule has 0 radical (unpaired) electrons. The number of hydrogen-bond donors (Lipinski definition) is 2. The highest BCUT2D eigenvalue weighted by Crippen LogP contribution is 2.29. The minimum Gasteiger partial charge on any atom is -0.497 e. The van der Waals surface area contributed by atoms with Gasteiger partial charge >= 0.3 is 0 Å². The van der Waals surface area contributed by atoms with Crippen molar-refractivity contribution in [1.82, 2.24) is 19.8 Å². The van der Waals surface area contributed by atoms with Gasteiger partial charge in [-0.15, -0.1) is 5.10 Å². The molecule has 2 N–H and O–H groups in total. The van der Waals surface area contributed by atoms with Gasteiger partial charge in [0, 0.05) is 11.1 Å². The van der Waals surface area contributed by atoms with Crippen molar-refractivity contribution >= 4 is 39.7 Å². The van der Waals surface area contributed by atoms with Crippen molar-refractivity contribution in [3.05, 3.63) is 57.5 Å². The molecule has 0 aliphatic carbocycles. The van der Waals surface area contributed by atoms with E-state index in [9.17, 15) is 9.59 Å². The van der Waals surface area contributed by atoms with Crippen molar-refractivity contribution in [3.63, 3.8) is 0 Å². The van der Waals surface area contributed by atoms with Gasteiger partial charge in [-0.1, -0.05) is 11.6 Å². The second-order valence-corrected chi connectivity index (χ2v) is 6.25. The van der Waals surface area contributed by atoms with E-state index < -0.39 is 11.5 Å². The quantitative estimate of drug-likeness (QED) is 0.545. The summed E-state index contributed by atoms with van der Waals surface area (Å²) in [5, 5.41) is 10.2. The Morgan fingerprint density at radius 3 is 2.75 bits per heavy atom. The van der Waals surface area contributed by atoms with Gasteiger partial charge in [-0.05, 0) is 30.3 Å². The van der Waals surface area contributed by atoms with Crippen LogP contribution in [0, 0.1) is 0 Å². The normalized spacial score (nSPS) is 11.0. The third-order valence-electron chi connectivity index (χ3n) is 4.19. The van der Waals surface area contributed by atoms with Crippen molar-refractivity contribution in [3.8, 4) is 11.5 Å². The molecular weight excluding hydrogens is 386 g/mol. The molecule has 0 spiro atoms. The Bertz CT molecular complexity index is 1280. The fraction of sp³-hybridized carbons (Fsp3) is 0.111. The number of carbonyl (C=O) groups is 1. The Morgan fingerprint density at radius 1 is 1.18 bits per heavy atom. The summed E-state index contributed by atoms with van der Waals surface area (Å²) in [6.45, 7) is 0. The first-order chi connectivity index (χ1) is 13.5. The minimum absolute atomic E-state index is 0.0428. The largest absolute Gasteiger partial charge is 0.497 e. The standard InChI is InChI=1S/C18H14ClN5O4/c1-27-10-4-6-14(28-2)12(8-10)20-18(26)15-16-21-17(25)11-7-9(19)3-5-13(11)24(16)23-22-15/h3-8,23H,1-2H3,(H,20,26). The van der Waals surface area contributed by atoms with E-state index in [1.54, 1.807) is 30.3 Å². The molecule has 10 heteroatoms. The van der Waals surface area contributed by atoms with Crippen LogP contribution >= 0.6 is 11.6 Å². The number of methoxy groups -OCH3 is 2. The maximum Gasteiger partial charge on any atom is 0.281 e. The zero-order valence-electron chi connectivity index (χ0n) is 14.8. The molecule has 0 aliphatic heterocycles.